The molecule has 0 bridgehead atoms. The minimum absolute atomic E-state index is 0.106. The molecule has 146 valence electrons. The van der Waals surface area contributed by atoms with E-state index in [-0.39, 0.29) is 23.3 Å². The van der Waals surface area contributed by atoms with Gasteiger partial charge in [-0.05, 0) is 18.6 Å². The first-order chi connectivity index (χ1) is 13.5. The van der Waals surface area contributed by atoms with E-state index in [9.17, 15) is 9.59 Å². The van der Waals surface area contributed by atoms with Crippen molar-refractivity contribution in [1.29, 1.82) is 0 Å². The van der Waals surface area contributed by atoms with Gasteiger partial charge in [-0.1, -0.05) is 35.0 Å². The Balaban J connectivity index is 1.53. The standard InChI is InChI=1S/C18H17ClN4O3S2/c1-12-8-15(22-26-12)20-16(24)10-27-11-17(25)21-18-23(6-7-28-18)9-13-4-2-3-5-14(13)19/h2-8H,9-11H2,1H3,(H,20,22,24). The Labute approximate surface area is 174 Å². The number of carbonyl (C=O) groups excluding carboxylic acids is 2. The van der Waals surface area contributed by atoms with Crippen LogP contribution in [0.25, 0.3) is 0 Å². The SMILES string of the molecule is Cc1cc(NC(=O)CSCC(=O)N=c2sccn2Cc2ccccc2Cl)no1. The molecule has 28 heavy (non-hydrogen) atoms. The second kappa shape index (κ2) is 9.72. The number of rotatable bonds is 7. The number of hydrogen-bond donors (Lipinski definition) is 1. The zero-order valence-corrected chi connectivity index (χ0v) is 17.3. The van der Waals surface area contributed by atoms with Crippen LogP contribution in [0.3, 0.4) is 0 Å². The number of carbonyl (C=O) groups is 2. The first kappa shape index (κ1) is 20.4. The van der Waals surface area contributed by atoms with Crippen LogP contribution < -0.4 is 10.1 Å². The largest absolute Gasteiger partial charge is 0.360 e. The average molecular weight is 437 g/mol. The van der Waals surface area contributed by atoms with Crippen molar-refractivity contribution in [3.63, 3.8) is 0 Å². The second-order valence-corrected chi connectivity index (χ2v) is 8.04. The maximum Gasteiger partial charge on any atom is 0.258 e. The van der Waals surface area contributed by atoms with Crippen molar-refractivity contribution in [2.75, 3.05) is 16.8 Å². The third-order valence-corrected chi connectivity index (χ3v) is 5.61. The summed E-state index contributed by atoms with van der Waals surface area (Å²) in [7, 11) is 0. The molecule has 0 radical (unpaired) electrons. The Kier molecular flexibility index (Phi) is 7.07. The summed E-state index contributed by atoms with van der Waals surface area (Å²) >= 11 is 8.76. The molecular weight excluding hydrogens is 420 g/mol. The van der Waals surface area contributed by atoms with Gasteiger partial charge in [0.1, 0.15) is 5.76 Å². The number of thioether (sulfide) groups is 1. The van der Waals surface area contributed by atoms with Gasteiger partial charge in [0.25, 0.3) is 5.91 Å². The van der Waals surface area contributed by atoms with Gasteiger partial charge in [0.2, 0.25) is 5.91 Å². The summed E-state index contributed by atoms with van der Waals surface area (Å²) in [5, 5.41) is 8.82. The maximum absolute atomic E-state index is 12.1. The van der Waals surface area contributed by atoms with Gasteiger partial charge in [-0.25, -0.2) is 0 Å². The lowest BCUT2D eigenvalue weighted by atomic mass is 10.2. The van der Waals surface area contributed by atoms with Crippen LogP contribution in [-0.4, -0.2) is 33.0 Å². The summed E-state index contributed by atoms with van der Waals surface area (Å²) in [6, 6.07) is 9.17. The molecule has 0 aliphatic rings. The van der Waals surface area contributed by atoms with Gasteiger partial charge in [0.05, 0.1) is 18.1 Å². The van der Waals surface area contributed by atoms with Gasteiger partial charge < -0.3 is 14.4 Å². The second-order valence-electron chi connectivity index (χ2n) is 5.77. The number of aryl methyl sites for hydroxylation is 1. The quantitative estimate of drug-likeness (QED) is 0.613. The molecule has 2 heterocycles. The van der Waals surface area contributed by atoms with Gasteiger partial charge >= 0.3 is 0 Å². The molecule has 1 N–H and O–H groups in total. The van der Waals surface area contributed by atoms with Crippen molar-refractivity contribution in [2.45, 2.75) is 13.5 Å². The number of halogens is 1. The fourth-order valence-corrected chi connectivity index (χ4v) is 3.83. The van der Waals surface area contributed by atoms with Gasteiger partial charge in [-0.2, -0.15) is 4.99 Å². The predicted octanol–water partition coefficient (Wildman–Crippen LogP) is 3.35. The lowest BCUT2D eigenvalue weighted by molar-refractivity contribution is -0.115. The molecule has 10 heteroatoms. The van der Waals surface area contributed by atoms with Crippen LogP contribution in [0.5, 0.6) is 0 Å². The van der Waals surface area contributed by atoms with E-state index in [1.54, 1.807) is 13.0 Å². The van der Waals surface area contributed by atoms with Crippen LogP contribution in [0.1, 0.15) is 11.3 Å². The fraction of sp³-hybridized carbons (Fsp3) is 0.222. The van der Waals surface area contributed by atoms with Crippen LogP contribution in [-0.2, 0) is 16.1 Å². The smallest absolute Gasteiger partial charge is 0.258 e. The van der Waals surface area contributed by atoms with E-state index in [1.165, 1.54) is 23.1 Å². The molecule has 0 aliphatic heterocycles. The summed E-state index contributed by atoms with van der Waals surface area (Å²) in [4.78, 5) is 28.7. The Hall–Kier alpha value is -2.36. The third-order valence-electron chi connectivity index (χ3n) is 3.53. The molecule has 2 amide bonds. The lowest BCUT2D eigenvalue weighted by Gasteiger charge is -2.05. The summed E-state index contributed by atoms with van der Waals surface area (Å²) in [5.74, 6) is 0.643. The summed E-state index contributed by atoms with van der Waals surface area (Å²) in [5.41, 5.74) is 0.950. The number of amides is 2. The van der Waals surface area contributed by atoms with E-state index in [0.29, 0.717) is 27.9 Å². The third kappa shape index (κ3) is 5.82. The maximum atomic E-state index is 12.1. The molecule has 0 atom stereocenters. The average Bonchev–Trinajstić information content (AvgIpc) is 3.26. The van der Waals surface area contributed by atoms with Crippen molar-refractivity contribution in [3.8, 4) is 0 Å². The predicted molar refractivity (Wildman–Crippen MR) is 111 cm³/mol. The van der Waals surface area contributed by atoms with Crippen LogP contribution in [0.4, 0.5) is 5.82 Å². The van der Waals surface area contributed by atoms with Crippen LogP contribution in [0.2, 0.25) is 5.02 Å². The molecule has 1 aromatic carbocycles. The first-order valence-electron chi connectivity index (χ1n) is 8.27. The molecule has 0 spiro atoms. The zero-order chi connectivity index (χ0) is 19.9. The summed E-state index contributed by atoms with van der Waals surface area (Å²) < 4.78 is 6.75. The van der Waals surface area contributed by atoms with Gasteiger partial charge in [-0.15, -0.1) is 23.1 Å². The van der Waals surface area contributed by atoms with E-state index in [4.69, 9.17) is 16.1 Å². The molecule has 0 aliphatic carbocycles. The summed E-state index contributed by atoms with van der Waals surface area (Å²) in [6.07, 6.45) is 1.86. The minimum atomic E-state index is -0.301. The van der Waals surface area contributed by atoms with Crippen LogP contribution >= 0.6 is 34.7 Å². The molecule has 7 nitrogen and oxygen atoms in total. The number of aromatic nitrogens is 2. The highest BCUT2D eigenvalue weighted by molar-refractivity contribution is 8.00. The van der Waals surface area contributed by atoms with Gasteiger partial charge in [0, 0.05) is 22.7 Å². The van der Waals surface area contributed by atoms with E-state index in [1.807, 2.05) is 40.4 Å². The van der Waals surface area contributed by atoms with E-state index in [0.717, 1.165) is 5.56 Å². The van der Waals surface area contributed by atoms with Crippen molar-refractivity contribution in [3.05, 3.63) is 63.1 Å². The lowest BCUT2D eigenvalue weighted by Crippen LogP contribution is -2.19. The number of nitrogens with zero attached hydrogens (tertiary/aromatic N) is 3. The zero-order valence-electron chi connectivity index (χ0n) is 14.9. The van der Waals surface area contributed by atoms with E-state index < -0.39 is 0 Å². The summed E-state index contributed by atoms with van der Waals surface area (Å²) in [6.45, 7) is 2.27. The number of thiazole rings is 1. The van der Waals surface area contributed by atoms with Crippen molar-refractivity contribution in [1.82, 2.24) is 9.72 Å². The highest BCUT2D eigenvalue weighted by atomic mass is 35.5. The molecular formula is C18H17ClN4O3S2. The Bertz CT molecular complexity index is 1040. The molecule has 3 aromatic rings. The fourth-order valence-electron chi connectivity index (χ4n) is 2.29. The molecule has 0 saturated carbocycles. The molecule has 0 saturated heterocycles. The molecule has 0 fully saturated rings. The minimum Gasteiger partial charge on any atom is -0.360 e. The van der Waals surface area contributed by atoms with Crippen LogP contribution in [0.15, 0.2) is 51.4 Å². The Morgan fingerprint density at radius 3 is 2.93 bits per heavy atom. The highest BCUT2D eigenvalue weighted by Gasteiger charge is 2.09. The number of anilines is 1. The molecule has 2 aromatic heterocycles. The highest BCUT2D eigenvalue weighted by Crippen LogP contribution is 2.15. The van der Waals surface area contributed by atoms with Crippen molar-refractivity contribution < 1.29 is 14.1 Å². The molecule has 0 unspecified atom stereocenters. The number of benzene rings is 1. The monoisotopic (exact) mass is 436 g/mol. The van der Waals surface area contributed by atoms with E-state index >= 15 is 0 Å². The van der Waals surface area contributed by atoms with Crippen LogP contribution in [0, 0.1) is 6.92 Å². The van der Waals surface area contributed by atoms with Gasteiger partial charge in [0.15, 0.2) is 10.6 Å². The Morgan fingerprint density at radius 2 is 2.18 bits per heavy atom. The first-order valence-corrected chi connectivity index (χ1v) is 10.7. The normalized spacial score (nSPS) is 11.6. The van der Waals surface area contributed by atoms with Crippen molar-refractivity contribution in [2.24, 2.45) is 4.99 Å². The van der Waals surface area contributed by atoms with Gasteiger partial charge in [-0.3, -0.25) is 9.59 Å². The van der Waals surface area contributed by atoms with E-state index in [2.05, 4.69) is 15.5 Å². The Morgan fingerprint density at radius 1 is 1.36 bits per heavy atom. The topological polar surface area (TPSA) is 89.5 Å². The van der Waals surface area contributed by atoms with Crippen molar-refractivity contribution >= 4 is 52.3 Å². The number of nitrogens with one attached hydrogen (secondary N) is 1. The molecule has 3 rings (SSSR count). The number of hydrogen-bond acceptors (Lipinski definition) is 6.